The molecule has 2 atom stereocenters. The summed E-state index contributed by atoms with van der Waals surface area (Å²) in [6.07, 6.45) is 0. The van der Waals surface area contributed by atoms with Crippen LogP contribution in [0.1, 0.15) is 31.6 Å². The van der Waals surface area contributed by atoms with Crippen molar-refractivity contribution in [2.45, 2.75) is 32.7 Å². The molecule has 0 aliphatic rings. The number of hydrogen-bond acceptors (Lipinski definition) is 3. The van der Waals surface area contributed by atoms with Gasteiger partial charge in [-0.15, -0.1) is 0 Å². The molecule has 0 amide bonds. The number of rotatable bonds is 4. The van der Waals surface area contributed by atoms with Gasteiger partial charge in [-0.3, -0.25) is 0 Å². The molecule has 2 unspecified atom stereocenters. The number of fused-ring (bicyclic) bond motifs is 1. The number of likely N-dealkylation sites (N-methyl/N-ethyl adjacent to an activating group) is 1. The van der Waals surface area contributed by atoms with E-state index in [4.69, 9.17) is 0 Å². The molecular weight excluding hydrogens is 216 g/mol. The average Bonchev–Trinajstić information content (AvgIpc) is 2.72. The van der Waals surface area contributed by atoms with Gasteiger partial charge in [0, 0.05) is 22.2 Å². The van der Waals surface area contributed by atoms with E-state index in [1.165, 1.54) is 10.3 Å². The molecule has 0 radical (unpaired) electrons. The predicted octanol–water partition coefficient (Wildman–Crippen LogP) is 3.40. The van der Waals surface area contributed by atoms with E-state index in [-0.39, 0.29) is 0 Å². The first-order valence-corrected chi connectivity index (χ1v) is 6.59. The fraction of sp³-hybridized carbons (Fsp3) is 0.462. The first-order valence-electron chi connectivity index (χ1n) is 5.81. The standard InChI is InChI=1S/C13H18N2S/c1-4-14-10(3)9(2)13-11-7-5-6-8-12(11)15-16-13/h5-10,14H,4H2,1-3H3. The summed E-state index contributed by atoms with van der Waals surface area (Å²) in [6.45, 7) is 7.67. The Labute approximate surface area is 101 Å². The van der Waals surface area contributed by atoms with E-state index in [9.17, 15) is 0 Å². The molecule has 2 aromatic rings. The smallest absolute Gasteiger partial charge is 0.0843 e. The molecule has 0 aliphatic carbocycles. The third-order valence-corrected chi connectivity index (χ3v) is 4.18. The van der Waals surface area contributed by atoms with Gasteiger partial charge in [0.2, 0.25) is 0 Å². The molecule has 0 fully saturated rings. The molecule has 86 valence electrons. The first kappa shape index (κ1) is 11.6. The Morgan fingerprint density at radius 1 is 1.31 bits per heavy atom. The highest BCUT2D eigenvalue weighted by Gasteiger charge is 2.18. The molecule has 0 bridgehead atoms. The summed E-state index contributed by atoms with van der Waals surface area (Å²) in [6, 6.07) is 8.88. The van der Waals surface area contributed by atoms with Crippen molar-refractivity contribution in [3.63, 3.8) is 0 Å². The summed E-state index contributed by atoms with van der Waals surface area (Å²) in [5.74, 6) is 0.511. The lowest BCUT2D eigenvalue weighted by atomic mass is 9.99. The van der Waals surface area contributed by atoms with Crippen LogP contribution >= 0.6 is 11.5 Å². The predicted molar refractivity (Wildman–Crippen MR) is 71.2 cm³/mol. The van der Waals surface area contributed by atoms with Crippen molar-refractivity contribution >= 4 is 22.4 Å². The fourth-order valence-corrected chi connectivity index (χ4v) is 2.96. The van der Waals surface area contributed by atoms with Gasteiger partial charge in [-0.25, -0.2) is 0 Å². The molecular formula is C13H18N2S. The minimum Gasteiger partial charge on any atom is -0.314 e. The van der Waals surface area contributed by atoms with Gasteiger partial charge < -0.3 is 5.32 Å². The van der Waals surface area contributed by atoms with Gasteiger partial charge in [-0.2, -0.15) is 4.37 Å². The Morgan fingerprint density at radius 2 is 2.06 bits per heavy atom. The highest BCUT2D eigenvalue weighted by molar-refractivity contribution is 7.07. The molecule has 1 aromatic heterocycles. The topological polar surface area (TPSA) is 24.9 Å². The Morgan fingerprint density at radius 3 is 2.81 bits per heavy atom. The normalized spacial score (nSPS) is 15.2. The Balaban J connectivity index is 2.32. The number of nitrogens with zero attached hydrogens (tertiary/aromatic N) is 1. The van der Waals surface area contributed by atoms with E-state index < -0.39 is 0 Å². The number of aromatic nitrogens is 1. The van der Waals surface area contributed by atoms with Gasteiger partial charge in [0.1, 0.15) is 0 Å². The Hall–Kier alpha value is -0.930. The molecule has 2 nitrogen and oxygen atoms in total. The molecule has 1 heterocycles. The maximum Gasteiger partial charge on any atom is 0.0843 e. The summed E-state index contributed by atoms with van der Waals surface area (Å²) in [5.41, 5.74) is 1.12. The van der Waals surface area contributed by atoms with Crippen molar-refractivity contribution in [1.29, 1.82) is 0 Å². The van der Waals surface area contributed by atoms with Gasteiger partial charge in [0.25, 0.3) is 0 Å². The molecule has 3 heteroatoms. The van der Waals surface area contributed by atoms with Crippen molar-refractivity contribution in [1.82, 2.24) is 9.69 Å². The number of benzene rings is 1. The van der Waals surface area contributed by atoms with Gasteiger partial charge in [0.05, 0.1) is 5.52 Å². The van der Waals surface area contributed by atoms with E-state index in [0.29, 0.717) is 12.0 Å². The summed E-state index contributed by atoms with van der Waals surface area (Å²) >= 11 is 1.64. The van der Waals surface area contributed by atoms with Crippen LogP contribution in [0.15, 0.2) is 24.3 Å². The minimum absolute atomic E-state index is 0.494. The number of nitrogens with one attached hydrogen (secondary N) is 1. The molecule has 0 aliphatic heterocycles. The zero-order valence-electron chi connectivity index (χ0n) is 10.0. The zero-order valence-corrected chi connectivity index (χ0v) is 10.8. The van der Waals surface area contributed by atoms with Gasteiger partial charge in [0.15, 0.2) is 0 Å². The SMILES string of the molecule is CCNC(C)C(C)c1snc2ccccc12. The van der Waals surface area contributed by atoms with Crippen LogP contribution in [-0.2, 0) is 0 Å². The largest absolute Gasteiger partial charge is 0.314 e. The minimum atomic E-state index is 0.494. The highest BCUT2D eigenvalue weighted by Crippen LogP contribution is 2.30. The van der Waals surface area contributed by atoms with Gasteiger partial charge in [-0.05, 0) is 31.1 Å². The summed E-state index contributed by atoms with van der Waals surface area (Å²) in [5, 5.41) is 4.79. The Kier molecular flexibility index (Phi) is 3.56. The molecule has 2 rings (SSSR count). The second kappa shape index (κ2) is 4.93. The van der Waals surface area contributed by atoms with Gasteiger partial charge >= 0.3 is 0 Å². The monoisotopic (exact) mass is 234 g/mol. The van der Waals surface area contributed by atoms with Crippen LogP contribution in [0, 0.1) is 0 Å². The fourth-order valence-electron chi connectivity index (χ4n) is 1.96. The third-order valence-electron chi connectivity index (χ3n) is 3.10. The Bertz CT molecular complexity index is 464. The van der Waals surface area contributed by atoms with E-state index in [0.717, 1.165) is 12.1 Å². The molecule has 1 N–H and O–H groups in total. The van der Waals surface area contributed by atoms with Crippen LogP contribution in [0.2, 0.25) is 0 Å². The van der Waals surface area contributed by atoms with Crippen molar-refractivity contribution in [3.05, 3.63) is 29.1 Å². The second-order valence-electron chi connectivity index (χ2n) is 4.20. The van der Waals surface area contributed by atoms with E-state index in [1.54, 1.807) is 11.5 Å². The first-order chi connectivity index (χ1) is 7.74. The summed E-state index contributed by atoms with van der Waals surface area (Å²) < 4.78 is 4.50. The van der Waals surface area contributed by atoms with Crippen molar-refractivity contribution < 1.29 is 0 Å². The summed E-state index contributed by atoms with van der Waals surface area (Å²) in [7, 11) is 0. The lowest BCUT2D eigenvalue weighted by Gasteiger charge is -2.19. The average molecular weight is 234 g/mol. The zero-order chi connectivity index (χ0) is 11.5. The second-order valence-corrected chi connectivity index (χ2v) is 5.00. The van der Waals surface area contributed by atoms with E-state index in [1.807, 2.05) is 6.07 Å². The van der Waals surface area contributed by atoms with Gasteiger partial charge in [-0.1, -0.05) is 32.0 Å². The summed E-state index contributed by atoms with van der Waals surface area (Å²) in [4.78, 5) is 1.39. The van der Waals surface area contributed by atoms with Crippen LogP contribution in [-0.4, -0.2) is 17.0 Å². The maximum absolute atomic E-state index is 4.50. The molecule has 1 aromatic carbocycles. The van der Waals surface area contributed by atoms with E-state index in [2.05, 4.69) is 48.7 Å². The molecule has 0 spiro atoms. The van der Waals surface area contributed by atoms with Crippen LogP contribution in [0.3, 0.4) is 0 Å². The lowest BCUT2D eigenvalue weighted by molar-refractivity contribution is 0.501. The van der Waals surface area contributed by atoms with E-state index >= 15 is 0 Å². The highest BCUT2D eigenvalue weighted by atomic mass is 32.1. The molecule has 0 saturated heterocycles. The molecule has 16 heavy (non-hydrogen) atoms. The van der Waals surface area contributed by atoms with Crippen molar-refractivity contribution in [2.75, 3.05) is 6.54 Å². The van der Waals surface area contributed by atoms with Crippen molar-refractivity contribution in [2.24, 2.45) is 0 Å². The number of hydrogen-bond donors (Lipinski definition) is 1. The third kappa shape index (κ3) is 2.11. The van der Waals surface area contributed by atoms with Crippen LogP contribution in [0.5, 0.6) is 0 Å². The maximum atomic E-state index is 4.50. The lowest BCUT2D eigenvalue weighted by Crippen LogP contribution is -2.30. The van der Waals surface area contributed by atoms with Crippen LogP contribution < -0.4 is 5.32 Å². The van der Waals surface area contributed by atoms with Crippen LogP contribution in [0.25, 0.3) is 10.9 Å². The van der Waals surface area contributed by atoms with Crippen molar-refractivity contribution in [3.8, 4) is 0 Å². The quantitative estimate of drug-likeness (QED) is 0.877. The molecule has 0 saturated carbocycles. The van der Waals surface area contributed by atoms with Crippen LogP contribution in [0.4, 0.5) is 0 Å².